The zero-order valence-corrected chi connectivity index (χ0v) is 37.6. The fourth-order valence-corrected chi connectivity index (χ4v) is 8.06. The minimum atomic E-state index is -0.717. The highest BCUT2D eigenvalue weighted by molar-refractivity contribution is 5.91. The number of aromatic nitrogens is 4. The van der Waals surface area contributed by atoms with Crippen molar-refractivity contribution in [1.29, 1.82) is 0 Å². The molecule has 4 aromatic heterocycles. The van der Waals surface area contributed by atoms with E-state index in [0.29, 0.717) is 38.8 Å². The number of carbonyl (C=O) groups excluding carboxylic acids is 5. The number of nitrogens with one attached hydrogen (secondary N) is 3. The van der Waals surface area contributed by atoms with Gasteiger partial charge in [0, 0.05) is 75.3 Å². The Labute approximate surface area is 358 Å². The maximum Gasteiger partial charge on any atom is 0.302 e. The minimum Gasteiger partial charge on any atom is -0.460 e. The lowest BCUT2D eigenvalue weighted by Gasteiger charge is -2.37. The van der Waals surface area contributed by atoms with Crippen LogP contribution in [-0.2, 0) is 46.3 Å². The smallest absolute Gasteiger partial charge is 0.302 e. The Morgan fingerprint density at radius 1 is 0.787 bits per heavy atom. The first-order valence-corrected chi connectivity index (χ1v) is 21.1. The summed E-state index contributed by atoms with van der Waals surface area (Å²) in [4.78, 5) is 83.6. The molecule has 0 bridgehead atoms. The SMILES string of the molecule is CC(=O)O[C@H]1CCN(C(=O)[C@@H](N)C(C)(C)C)[C@@H]1Cc1c[nH]c2ncccc12.CC(=O)O[C@H]1CCN(C(=O)[C@@H](NC(=O)[C@H](C)N(C)C)C(C)(C)C)[C@@H]1Cc1c[nH]c2ncccc12. The molecule has 61 heavy (non-hydrogen) atoms. The fourth-order valence-electron chi connectivity index (χ4n) is 8.06. The number of H-pyrrole nitrogens is 2. The van der Waals surface area contributed by atoms with E-state index >= 15 is 0 Å². The van der Waals surface area contributed by atoms with Gasteiger partial charge in [-0.1, -0.05) is 41.5 Å². The number of pyridine rings is 2. The number of likely N-dealkylation sites (N-methyl/N-ethyl adjacent to an activating group) is 1. The number of nitrogens with zero attached hydrogens (tertiary/aromatic N) is 5. The summed E-state index contributed by atoms with van der Waals surface area (Å²) >= 11 is 0. The second kappa shape index (κ2) is 19.1. The van der Waals surface area contributed by atoms with Gasteiger partial charge in [-0.2, -0.15) is 0 Å². The summed E-state index contributed by atoms with van der Waals surface area (Å²) in [6.07, 6.45) is 8.77. The van der Waals surface area contributed by atoms with Gasteiger partial charge in [-0.15, -0.1) is 0 Å². The van der Waals surface area contributed by atoms with Gasteiger partial charge >= 0.3 is 11.9 Å². The molecule has 2 saturated heterocycles. The largest absolute Gasteiger partial charge is 0.460 e. The number of carbonyl (C=O) groups is 5. The van der Waals surface area contributed by atoms with Crippen LogP contribution in [0.2, 0.25) is 0 Å². The summed E-state index contributed by atoms with van der Waals surface area (Å²) < 4.78 is 11.2. The van der Waals surface area contributed by atoms with E-state index in [1.54, 1.807) is 34.0 Å². The standard InChI is InChI=1S/C25H37N5O4.C20H28N4O3/c1-15(29(6)7)23(32)28-21(25(3,4)5)24(33)30-12-10-20(34-16(2)31)19(30)13-17-14-27-22-18(17)9-8-11-26-22;1-12(25)27-16-7-9-24(19(26)17(21)20(2,3)4)15(16)10-13-11-23-18-14(13)6-5-8-22-18/h8-9,11,14-15,19-21H,10,12-13H2,1-7H3,(H,26,27)(H,28,32);5-6,8,11,15-17H,7,9-10,21H2,1-4H3,(H,22,23)/t15-,19+,20-,21+;15-,16+,17-/m01/s1. The average molecular weight is 844 g/mol. The number of rotatable bonds is 11. The van der Waals surface area contributed by atoms with Crippen LogP contribution in [0.25, 0.3) is 22.1 Å². The Morgan fingerprint density at radius 3 is 1.62 bits per heavy atom. The molecular weight excluding hydrogens is 779 g/mol. The molecule has 2 fully saturated rings. The van der Waals surface area contributed by atoms with E-state index in [1.807, 2.05) is 92.3 Å². The molecule has 16 nitrogen and oxygen atoms in total. The molecule has 6 rings (SSSR count). The van der Waals surface area contributed by atoms with Crippen LogP contribution in [0.4, 0.5) is 0 Å². The number of hydrogen-bond acceptors (Lipinski definition) is 11. The Morgan fingerprint density at radius 2 is 1.23 bits per heavy atom. The monoisotopic (exact) mass is 844 g/mol. The van der Waals surface area contributed by atoms with Crippen LogP contribution in [0.5, 0.6) is 0 Å². The number of fused-ring (bicyclic) bond motifs is 2. The molecule has 7 atom stereocenters. The molecule has 0 aliphatic carbocycles. The van der Waals surface area contributed by atoms with Crippen molar-refractivity contribution in [3.05, 3.63) is 60.2 Å². The number of amides is 3. The highest BCUT2D eigenvalue weighted by atomic mass is 16.5. The number of esters is 2. The molecule has 2 aliphatic rings. The molecule has 0 unspecified atom stereocenters. The third kappa shape index (κ3) is 11.1. The number of nitrogens with two attached hydrogens (primary N) is 1. The third-order valence-corrected chi connectivity index (χ3v) is 11.9. The second-order valence-corrected chi connectivity index (χ2v) is 18.7. The normalized spacial score (nSPS) is 20.9. The molecular formula is C45H65N9O7. The lowest BCUT2D eigenvalue weighted by molar-refractivity contribution is -0.150. The van der Waals surface area contributed by atoms with Gasteiger partial charge in [-0.05, 0) is 80.1 Å². The quantitative estimate of drug-likeness (QED) is 0.158. The molecule has 16 heteroatoms. The Balaban J connectivity index is 0.000000237. The molecule has 0 spiro atoms. The molecule has 6 heterocycles. The van der Waals surface area contributed by atoms with Crippen LogP contribution in [0.15, 0.2) is 49.1 Å². The van der Waals surface area contributed by atoms with Crippen LogP contribution in [0, 0.1) is 10.8 Å². The van der Waals surface area contributed by atoms with Crippen molar-refractivity contribution in [3.8, 4) is 0 Å². The topological polar surface area (TPSA) is 209 Å². The minimum absolute atomic E-state index is 0.0971. The summed E-state index contributed by atoms with van der Waals surface area (Å²) in [5.41, 5.74) is 9.01. The van der Waals surface area contributed by atoms with Gasteiger partial charge in [0.05, 0.1) is 24.2 Å². The van der Waals surface area contributed by atoms with Crippen LogP contribution in [0.3, 0.4) is 0 Å². The lowest BCUT2D eigenvalue weighted by atomic mass is 9.85. The lowest BCUT2D eigenvalue weighted by Crippen LogP contribution is -2.59. The van der Waals surface area contributed by atoms with E-state index in [2.05, 4.69) is 25.3 Å². The number of aromatic amines is 2. The highest BCUT2D eigenvalue weighted by Crippen LogP contribution is 2.32. The van der Waals surface area contributed by atoms with E-state index in [9.17, 15) is 24.0 Å². The van der Waals surface area contributed by atoms with Gasteiger partial charge in [0.25, 0.3) is 0 Å². The molecule has 0 aromatic carbocycles. The van der Waals surface area contributed by atoms with Crippen molar-refractivity contribution in [2.75, 3.05) is 27.2 Å². The van der Waals surface area contributed by atoms with Crippen molar-refractivity contribution in [3.63, 3.8) is 0 Å². The molecule has 4 aromatic rings. The molecule has 2 aliphatic heterocycles. The van der Waals surface area contributed by atoms with Gasteiger partial charge in [0.1, 0.15) is 29.5 Å². The van der Waals surface area contributed by atoms with Gasteiger partial charge in [0.15, 0.2) is 0 Å². The van der Waals surface area contributed by atoms with Crippen LogP contribution >= 0.6 is 0 Å². The first-order valence-electron chi connectivity index (χ1n) is 21.1. The van der Waals surface area contributed by atoms with Gasteiger partial charge < -0.3 is 40.3 Å². The first kappa shape index (κ1) is 46.7. The van der Waals surface area contributed by atoms with Crippen molar-refractivity contribution in [1.82, 2.24) is 40.0 Å². The maximum absolute atomic E-state index is 13.9. The number of ether oxygens (including phenoxy) is 2. The molecule has 5 N–H and O–H groups in total. The average Bonchev–Trinajstić information content (AvgIpc) is 3.98. The molecule has 332 valence electrons. The van der Waals surface area contributed by atoms with E-state index in [0.717, 1.165) is 33.2 Å². The van der Waals surface area contributed by atoms with Gasteiger partial charge in [-0.3, -0.25) is 28.9 Å². The Hall–Kier alpha value is -5.35. The van der Waals surface area contributed by atoms with Crippen LogP contribution in [-0.4, -0.2) is 134 Å². The van der Waals surface area contributed by atoms with E-state index in [1.165, 1.54) is 13.8 Å². The fraction of sp³-hybridized carbons (Fsp3) is 0.578. The third-order valence-electron chi connectivity index (χ3n) is 11.9. The second-order valence-electron chi connectivity index (χ2n) is 18.7. The van der Waals surface area contributed by atoms with Crippen molar-refractivity contribution >= 4 is 51.7 Å². The van der Waals surface area contributed by atoms with Crippen molar-refractivity contribution < 1.29 is 33.4 Å². The predicted octanol–water partition coefficient (Wildman–Crippen LogP) is 4.13. The van der Waals surface area contributed by atoms with E-state index in [4.69, 9.17) is 15.2 Å². The van der Waals surface area contributed by atoms with E-state index < -0.39 is 23.6 Å². The highest BCUT2D eigenvalue weighted by Gasteiger charge is 2.46. The predicted molar refractivity (Wildman–Crippen MR) is 233 cm³/mol. The van der Waals surface area contributed by atoms with Gasteiger partial charge in [-0.25, -0.2) is 9.97 Å². The van der Waals surface area contributed by atoms with Crippen LogP contribution in [0.1, 0.15) is 86.3 Å². The van der Waals surface area contributed by atoms with Crippen LogP contribution < -0.4 is 11.1 Å². The first-order chi connectivity index (χ1) is 28.6. The Kier molecular flexibility index (Phi) is 14.7. The number of likely N-dealkylation sites (tertiary alicyclic amines) is 2. The molecule has 3 amide bonds. The maximum atomic E-state index is 13.9. The summed E-state index contributed by atoms with van der Waals surface area (Å²) in [6, 6.07) is 5.45. The zero-order valence-electron chi connectivity index (χ0n) is 37.6. The van der Waals surface area contributed by atoms with Gasteiger partial charge in [0.2, 0.25) is 17.7 Å². The summed E-state index contributed by atoms with van der Waals surface area (Å²) in [6.45, 7) is 17.3. The van der Waals surface area contributed by atoms with E-state index in [-0.39, 0.29) is 59.3 Å². The summed E-state index contributed by atoms with van der Waals surface area (Å²) in [5.74, 6) is -1.16. The summed E-state index contributed by atoms with van der Waals surface area (Å²) in [5, 5.41) is 4.97. The van der Waals surface area contributed by atoms with Crippen molar-refractivity contribution in [2.24, 2.45) is 16.6 Å². The van der Waals surface area contributed by atoms with Crippen molar-refractivity contribution in [2.45, 2.75) is 130 Å². The number of hydrogen-bond donors (Lipinski definition) is 4. The zero-order chi connectivity index (χ0) is 45.0. The Bertz CT molecular complexity index is 2180. The summed E-state index contributed by atoms with van der Waals surface area (Å²) in [7, 11) is 3.66. The molecule has 0 radical (unpaired) electrons. The molecule has 0 saturated carbocycles.